The molecule has 0 saturated heterocycles. The topological polar surface area (TPSA) is 93.5 Å². The van der Waals surface area contributed by atoms with Crippen LogP contribution in [-0.2, 0) is 7.05 Å². The van der Waals surface area contributed by atoms with E-state index < -0.39 is 0 Å². The fourth-order valence-corrected chi connectivity index (χ4v) is 3.78. The zero-order valence-electron chi connectivity index (χ0n) is 13.6. The third-order valence-electron chi connectivity index (χ3n) is 3.29. The largest absolute Gasteiger partial charge is 0.329 e. The average molecular weight is 361 g/mol. The van der Waals surface area contributed by atoms with E-state index >= 15 is 0 Å². The number of aromatic amines is 1. The minimum atomic E-state index is -0.362. The number of H-pyrrole nitrogens is 1. The number of aryl methyl sites for hydroxylation is 3. The van der Waals surface area contributed by atoms with Gasteiger partial charge in [0, 0.05) is 11.9 Å². The van der Waals surface area contributed by atoms with Crippen LogP contribution in [0.2, 0.25) is 0 Å². The van der Waals surface area contributed by atoms with Crippen LogP contribution in [0.3, 0.4) is 0 Å². The molecule has 7 nitrogen and oxygen atoms in total. The van der Waals surface area contributed by atoms with E-state index in [-0.39, 0.29) is 11.2 Å². The Labute approximate surface area is 144 Å². The van der Waals surface area contributed by atoms with Crippen LogP contribution in [0.5, 0.6) is 0 Å². The third kappa shape index (κ3) is 3.13. The van der Waals surface area contributed by atoms with Crippen molar-refractivity contribution < 1.29 is 0 Å². The summed E-state index contributed by atoms with van der Waals surface area (Å²) in [5.74, 6) is 0.780. The molecule has 0 radical (unpaired) electrons. The highest BCUT2D eigenvalue weighted by molar-refractivity contribution is 7.18. The first-order chi connectivity index (χ1) is 11.3. The molecule has 0 aliphatic carbocycles. The quantitative estimate of drug-likeness (QED) is 0.519. The summed E-state index contributed by atoms with van der Waals surface area (Å²) in [7, 11) is 1.47. The lowest BCUT2D eigenvalue weighted by Gasteiger charge is -1.93. The molecule has 0 atom stereocenters. The van der Waals surface area contributed by atoms with Gasteiger partial charge in [0.1, 0.15) is 10.7 Å². The molecule has 124 valence electrons. The smallest absolute Gasteiger partial charge is 0.298 e. The Morgan fingerprint density at radius 1 is 1.12 bits per heavy atom. The maximum Gasteiger partial charge on any atom is 0.329 e. The van der Waals surface area contributed by atoms with E-state index in [9.17, 15) is 9.59 Å². The van der Waals surface area contributed by atoms with Gasteiger partial charge in [-0.05, 0) is 26.8 Å². The molecule has 0 aliphatic heterocycles. The van der Waals surface area contributed by atoms with Crippen molar-refractivity contribution >= 4 is 43.2 Å². The molecule has 0 bridgehead atoms. The Hall–Kier alpha value is -2.39. The summed E-state index contributed by atoms with van der Waals surface area (Å²) in [6, 6.07) is 1.79. The second-order valence-corrected chi connectivity index (χ2v) is 7.72. The van der Waals surface area contributed by atoms with Crippen molar-refractivity contribution in [2.45, 2.75) is 20.8 Å². The van der Waals surface area contributed by atoms with Gasteiger partial charge in [-0.2, -0.15) is 0 Å². The van der Waals surface area contributed by atoms with Crippen molar-refractivity contribution in [2.75, 3.05) is 0 Å². The van der Waals surface area contributed by atoms with Crippen LogP contribution >= 0.6 is 22.7 Å². The molecule has 0 spiro atoms. The second kappa shape index (κ2) is 6.25. The highest BCUT2D eigenvalue weighted by Crippen LogP contribution is 2.18. The zero-order chi connectivity index (χ0) is 17.4. The average Bonchev–Trinajstić information content (AvgIpc) is 3.06. The number of fused-ring (bicyclic) bond motifs is 2. The van der Waals surface area contributed by atoms with Gasteiger partial charge in [-0.25, -0.2) is 19.7 Å². The molecule has 9 heteroatoms. The van der Waals surface area contributed by atoms with Crippen LogP contribution in [0.15, 0.2) is 21.9 Å². The minimum Gasteiger partial charge on any atom is -0.298 e. The molecule has 1 N–H and O–H groups in total. The predicted molar refractivity (Wildman–Crippen MR) is 97.1 cm³/mol. The summed E-state index contributed by atoms with van der Waals surface area (Å²) in [6.45, 7) is 5.75. The van der Waals surface area contributed by atoms with Gasteiger partial charge in [0.15, 0.2) is 5.65 Å². The van der Waals surface area contributed by atoms with Gasteiger partial charge >= 0.3 is 5.69 Å². The predicted octanol–water partition coefficient (Wildman–Crippen LogP) is 2.30. The number of rotatable bonds is 0. The van der Waals surface area contributed by atoms with E-state index in [0.717, 1.165) is 30.6 Å². The molecule has 4 aromatic rings. The molecule has 4 rings (SSSR count). The van der Waals surface area contributed by atoms with E-state index in [0.29, 0.717) is 10.2 Å². The lowest BCUT2D eigenvalue weighted by molar-refractivity contribution is 0.795. The minimum absolute atomic E-state index is 0.233. The lowest BCUT2D eigenvalue weighted by Crippen LogP contribution is -2.31. The molecule has 0 aromatic carbocycles. The van der Waals surface area contributed by atoms with Crippen LogP contribution in [0.4, 0.5) is 0 Å². The first kappa shape index (κ1) is 16.5. The number of nitrogens with one attached hydrogen (secondary N) is 1. The Morgan fingerprint density at radius 3 is 2.62 bits per heavy atom. The molecule has 0 aliphatic rings. The standard InChI is InChI=1S/C8H8N2O2S.C7H7N3S/c1-4-3-5-6(13-4)9-8(12)10(2)7(5)11;1-4-8-3-6-7(9-4)10-5(2)11-6/h3H,1-2H3,(H,9,12);3H,1-2H3. The van der Waals surface area contributed by atoms with Gasteiger partial charge in [-0.1, -0.05) is 0 Å². The summed E-state index contributed by atoms with van der Waals surface area (Å²) >= 11 is 3.04. The molecule has 0 unspecified atom stereocenters. The summed E-state index contributed by atoms with van der Waals surface area (Å²) < 4.78 is 2.14. The fourth-order valence-electron chi connectivity index (χ4n) is 2.15. The Bertz CT molecular complexity index is 1150. The Kier molecular flexibility index (Phi) is 4.29. The first-order valence-corrected chi connectivity index (χ1v) is 8.74. The molecule has 4 aromatic heterocycles. The fraction of sp³-hybridized carbons (Fsp3) is 0.267. The Morgan fingerprint density at radius 2 is 1.88 bits per heavy atom. The summed E-state index contributed by atoms with van der Waals surface area (Å²) in [5, 5.41) is 1.63. The van der Waals surface area contributed by atoms with Crippen LogP contribution in [-0.4, -0.2) is 24.5 Å². The number of hydrogen-bond donors (Lipinski definition) is 1. The van der Waals surface area contributed by atoms with E-state index in [1.54, 1.807) is 17.4 Å². The number of thiazole rings is 1. The molecular formula is C15H15N5O2S2. The van der Waals surface area contributed by atoms with Crippen molar-refractivity contribution in [2.24, 2.45) is 7.05 Å². The van der Waals surface area contributed by atoms with Crippen molar-refractivity contribution in [3.05, 3.63) is 48.8 Å². The van der Waals surface area contributed by atoms with E-state index in [1.807, 2.05) is 27.0 Å². The van der Waals surface area contributed by atoms with Crippen LogP contribution in [0.25, 0.3) is 20.6 Å². The van der Waals surface area contributed by atoms with Crippen LogP contribution in [0, 0.1) is 20.8 Å². The second-order valence-electron chi connectivity index (χ2n) is 5.23. The van der Waals surface area contributed by atoms with Crippen LogP contribution in [0.1, 0.15) is 15.7 Å². The normalized spacial score (nSPS) is 10.8. The monoisotopic (exact) mass is 361 g/mol. The van der Waals surface area contributed by atoms with E-state index in [2.05, 4.69) is 19.9 Å². The van der Waals surface area contributed by atoms with Crippen LogP contribution < -0.4 is 11.2 Å². The highest BCUT2D eigenvalue weighted by Gasteiger charge is 2.06. The number of nitrogens with zero attached hydrogens (tertiary/aromatic N) is 4. The molecule has 0 amide bonds. The maximum absolute atomic E-state index is 11.5. The number of aromatic nitrogens is 5. The van der Waals surface area contributed by atoms with Gasteiger partial charge in [-0.3, -0.25) is 14.3 Å². The summed E-state index contributed by atoms with van der Waals surface area (Å²) in [6.07, 6.45) is 1.82. The highest BCUT2D eigenvalue weighted by atomic mass is 32.1. The zero-order valence-corrected chi connectivity index (χ0v) is 15.2. The molecule has 0 saturated carbocycles. The number of hydrogen-bond acceptors (Lipinski definition) is 7. The maximum atomic E-state index is 11.5. The van der Waals surface area contributed by atoms with Gasteiger partial charge < -0.3 is 0 Å². The molecule has 24 heavy (non-hydrogen) atoms. The molecule has 0 fully saturated rings. The van der Waals surface area contributed by atoms with Gasteiger partial charge in [0.05, 0.1) is 21.3 Å². The van der Waals surface area contributed by atoms with Crippen molar-refractivity contribution in [3.8, 4) is 0 Å². The van der Waals surface area contributed by atoms with E-state index in [1.165, 1.54) is 18.4 Å². The first-order valence-electron chi connectivity index (χ1n) is 7.11. The molecular weight excluding hydrogens is 346 g/mol. The third-order valence-corrected chi connectivity index (χ3v) is 5.15. The van der Waals surface area contributed by atoms with Crippen molar-refractivity contribution in [1.82, 2.24) is 24.5 Å². The Balaban J connectivity index is 0.000000143. The number of thiophene rings is 1. The van der Waals surface area contributed by atoms with Crippen molar-refractivity contribution in [3.63, 3.8) is 0 Å². The summed E-state index contributed by atoms with van der Waals surface area (Å²) in [4.78, 5) is 39.5. The van der Waals surface area contributed by atoms with Gasteiger partial charge in [0.25, 0.3) is 5.56 Å². The SMILES string of the molecule is Cc1cc2c(=O)n(C)c(=O)[nH]c2s1.Cc1ncc2sc(C)nc2n1. The lowest BCUT2D eigenvalue weighted by atomic mass is 10.4. The van der Waals surface area contributed by atoms with Gasteiger partial charge in [-0.15, -0.1) is 22.7 Å². The summed E-state index contributed by atoms with van der Waals surface area (Å²) in [5.41, 5.74) is 0.224. The van der Waals surface area contributed by atoms with E-state index in [4.69, 9.17) is 0 Å². The molecule has 4 heterocycles. The van der Waals surface area contributed by atoms with Gasteiger partial charge in [0.2, 0.25) is 0 Å². The van der Waals surface area contributed by atoms with Crippen molar-refractivity contribution in [1.29, 1.82) is 0 Å².